The van der Waals surface area contributed by atoms with E-state index in [0.29, 0.717) is 0 Å². The molecule has 1 rings (SSSR count). The maximum absolute atomic E-state index is 12.2. The second-order valence-electron chi connectivity index (χ2n) is 4.41. The largest absolute Gasteiger partial charge is 0.507 e. The van der Waals surface area contributed by atoms with Gasteiger partial charge >= 0.3 is 5.97 Å². The molecule has 1 unspecified atom stereocenters. The molecule has 1 aromatic rings. The highest BCUT2D eigenvalue weighted by atomic mass is 16.5. The van der Waals surface area contributed by atoms with E-state index in [4.69, 9.17) is 10.00 Å². The number of allylic oxidation sites excluding steroid dienone is 1. The molecule has 1 atom stereocenters. The third-order valence-electron chi connectivity index (χ3n) is 2.95. The van der Waals surface area contributed by atoms with Crippen molar-refractivity contribution in [2.45, 2.75) is 12.5 Å². The molecule has 0 fully saturated rings. The summed E-state index contributed by atoms with van der Waals surface area (Å²) in [5.74, 6) is -2.44. The summed E-state index contributed by atoms with van der Waals surface area (Å²) in [5, 5.41) is 18.8. The number of hydrogen-bond acceptors (Lipinski definition) is 7. The summed E-state index contributed by atoms with van der Waals surface area (Å²) >= 11 is 0. The third-order valence-corrected chi connectivity index (χ3v) is 2.95. The van der Waals surface area contributed by atoms with E-state index < -0.39 is 30.1 Å². The number of hydrogen-bond donors (Lipinski definition) is 1. The van der Waals surface area contributed by atoms with Gasteiger partial charge in [0.2, 0.25) is 5.78 Å². The topological polar surface area (TPSA) is 114 Å². The molecular formula is C16H15NO6. The average molecular weight is 317 g/mol. The molecule has 0 aliphatic rings. The van der Waals surface area contributed by atoms with Crippen LogP contribution in [0.3, 0.4) is 0 Å². The Hall–Kier alpha value is -2.98. The van der Waals surface area contributed by atoms with Crippen molar-refractivity contribution in [3.63, 3.8) is 0 Å². The van der Waals surface area contributed by atoms with Crippen molar-refractivity contribution >= 4 is 17.5 Å². The van der Waals surface area contributed by atoms with Crippen LogP contribution in [-0.4, -0.2) is 43.0 Å². The molecule has 1 aromatic carbocycles. The lowest BCUT2D eigenvalue weighted by atomic mass is 10.0. The minimum atomic E-state index is -1.25. The molecule has 1 N–H and O–H groups in total. The molecule has 0 saturated carbocycles. The molecule has 0 aliphatic heterocycles. The van der Waals surface area contributed by atoms with Crippen molar-refractivity contribution in [3.05, 3.63) is 41.5 Å². The number of para-hydroxylation sites is 1. The predicted molar refractivity (Wildman–Crippen MR) is 78.6 cm³/mol. The van der Waals surface area contributed by atoms with Crippen LogP contribution in [0.15, 0.2) is 35.9 Å². The number of esters is 1. The van der Waals surface area contributed by atoms with E-state index in [2.05, 4.69) is 4.74 Å². The van der Waals surface area contributed by atoms with Crippen LogP contribution in [0.1, 0.15) is 16.8 Å². The number of phenols is 1. The number of ether oxygens (including phenoxy) is 2. The average Bonchev–Trinajstić information content (AvgIpc) is 2.55. The van der Waals surface area contributed by atoms with Gasteiger partial charge in [0.05, 0.1) is 18.2 Å². The number of rotatable bonds is 7. The first-order valence-electron chi connectivity index (χ1n) is 6.51. The van der Waals surface area contributed by atoms with E-state index in [0.717, 1.165) is 13.2 Å². The Balaban J connectivity index is 3.07. The number of ketones is 2. The van der Waals surface area contributed by atoms with Crippen LogP contribution in [0.25, 0.3) is 0 Å². The van der Waals surface area contributed by atoms with E-state index >= 15 is 0 Å². The number of nitrogens with zero attached hydrogens (tertiary/aromatic N) is 1. The molecule has 0 bridgehead atoms. The van der Waals surface area contributed by atoms with Crippen LogP contribution >= 0.6 is 0 Å². The smallest absolute Gasteiger partial charge is 0.313 e. The van der Waals surface area contributed by atoms with Crippen molar-refractivity contribution in [1.29, 1.82) is 5.26 Å². The van der Waals surface area contributed by atoms with Crippen molar-refractivity contribution in [1.82, 2.24) is 0 Å². The summed E-state index contributed by atoms with van der Waals surface area (Å²) < 4.78 is 9.28. The van der Waals surface area contributed by atoms with E-state index in [1.54, 1.807) is 6.07 Å². The highest BCUT2D eigenvalue weighted by Crippen LogP contribution is 2.20. The van der Waals surface area contributed by atoms with Crippen LogP contribution < -0.4 is 0 Å². The number of phenolic OH excluding ortho intramolecular Hbond substituents is 1. The van der Waals surface area contributed by atoms with Crippen LogP contribution in [0.5, 0.6) is 5.75 Å². The number of aromatic hydroxyl groups is 1. The Bertz CT molecular complexity index is 686. The quantitative estimate of drug-likeness (QED) is 0.264. The first kappa shape index (κ1) is 18.1. The lowest BCUT2D eigenvalue weighted by molar-refractivity contribution is -0.145. The summed E-state index contributed by atoms with van der Waals surface area (Å²) in [6.07, 6.45) is -0.784. The van der Waals surface area contributed by atoms with Gasteiger partial charge in [-0.2, -0.15) is 5.26 Å². The summed E-state index contributed by atoms with van der Waals surface area (Å²) in [5.41, 5.74) is -0.452. The minimum Gasteiger partial charge on any atom is -0.507 e. The highest BCUT2D eigenvalue weighted by Gasteiger charge is 2.23. The third kappa shape index (κ3) is 4.76. The fraction of sp³-hybridized carbons (Fsp3) is 0.250. The van der Waals surface area contributed by atoms with Gasteiger partial charge in [-0.15, -0.1) is 0 Å². The summed E-state index contributed by atoms with van der Waals surface area (Å²) in [4.78, 5) is 35.2. The Labute approximate surface area is 132 Å². The molecule has 0 saturated heterocycles. The maximum Gasteiger partial charge on any atom is 0.313 e. The summed E-state index contributed by atoms with van der Waals surface area (Å²) in [7, 11) is 2.34. The second-order valence-corrected chi connectivity index (χ2v) is 4.41. The van der Waals surface area contributed by atoms with Crippen molar-refractivity contribution in [3.8, 4) is 11.8 Å². The molecular weight excluding hydrogens is 302 g/mol. The molecule has 0 spiro atoms. The minimum absolute atomic E-state index is 0.0735. The Morgan fingerprint density at radius 1 is 1.30 bits per heavy atom. The van der Waals surface area contributed by atoms with Gasteiger partial charge in [-0.25, -0.2) is 0 Å². The molecule has 0 amide bonds. The van der Waals surface area contributed by atoms with Gasteiger partial charge in [-0.05, 0) is 18.2 Å². The molecule has 0 heterocycles. The van der Waals surface area contributed by atoms with Gasteiger partial charge in [0.1, 0.15) is 24.3 Å². The first-order valence-corrected chi connectivity index (χ1v) is 6.51. The van der Waals surface area contributed by atoms with Gasteiger partial charge in [0, 0.05) is 7.11 Å². The first-order chi connectivity index (χ1) is 10.9. The van der Waals surface area contributed by atoms with Gasteiger partial charge in [0.15, 0.2) is 5.78 Å². The van der Waals surface area contributed by atoms with Crippen LogP contribution in [0.2, 0.25) is 0 Å². The van der Waals surface area contributed by atoms with Gasteiger partial charge in [-0.1, -0.05) is 12.1 Å². The van der Waals surface area contributed by atoms with E-state index in [1.165, 1.54) is 31.4 Å². The molecule has 0 aliphatic carbocycles. The van der Waals surface area contributed by atoms with Crippen molar-refractivity contribution in [2.24, 2.45) is 0 Å². The van der Waals surface area contributed by atoms with E-state index in [9.17, 15) is 19.5 Å². The number of nitriles is 1. The van der Waals surface area contributed by atoms with Crippen LogP contribution in [-0.2, 0) is 19.1 Å². The monoisotopic (exact) mass is 317 g/mol. The van der Waals surface area contributed by atoms with Gasteiger partial charge < -0.3 is 14.6 Å². The van der Waals surface area contributed by atoms with Crippen molar-refractivity contribution in [2.75, 3.05) is 14.2 Å². The highest BCUT2D eigenvalue weighted by molar-refractivity contribution is 6.13. The number of methoxy groups -OCH3 is 2. The zero-order chi connectivity index (χ0) is 17.4. The summed E-state index contributed by atoms with van der Waals surface area (Å²) in [6.45, 7) is 0. The fourth-order valence-electron chi connectivity index (χ4n) is 1.73. The number of carbonyl (C=O) groups excluding carboxylic acids is 3. The number of benzene rings is 1. The Kier molecular flexibility index (Phi) is 6.65. The second kappa shape index (κ2) is 8.46. The maximum atomic E-state index is 12.2. The lowest BCUT2D eigenvalue weighted by Crippen LogP contribution is -2.25. The zero-order valence-electron chi connectivity index (χ0n) is 12.6. The Morgan fingerprint density at radius 2 is 1.96 bits per heavy atom. The lowest BCUT2D eigenvalue weighted by Gasteiger charge is -2.10. The van der Waals surface area contributed by atoms with E-state index in [1.807, 2.05) is 0 Å². The number of carbonyl (C=O) groups is 3. The molecule has 0 radical (unpaired) electrons. The van der Waals surface area contributed by atoms with Gasteiger partial charge in [0.25, 0.3) is 0 Å². The normalized spacial score (nSPS) is 12.1. The van der Waals surface area contributed by atoms with Gasteiger partial charge in [-0.3, -0.25) is 14.4 Å². The van der Waals surface area contributed by atoms with Crippen LogP contribution in [0.4, 0.5) is 0 Å². The standard InChI is InChI=1S/C16H15NO6/c1-22-14(13(19)8-15(20)23-2)7-10(9-17)16(21)11-5-3-4-6-12(11)18/h3-7,14,18H,8H2,1-2H3/b10-7+. The molecule has 120 valence electrons. The Morgan fingerprint density at radius 3 is 2.48 bits per heavy atom. The molecule has 0 aromatic heterocycles. The zero-order valence-corrected chi connectivity index (χ0v) is 12.6. The summed E-state index contributed by atoms with van der Waals surface area (Å²) in [6, 6.07) is 7.37. The van der Waals surface area contributed by atoms with Crippen molar-refractivity contribution < 1.29 is 29.0 Å². The van der Waals surface area contributed by atoms with Crippen LogP contribution in [0, 0.1) is 11.3 Å². The van der Waals surface area contributed by atoms with E-state index in [-0.39, 0.29) is 16.9 Å². The number of Topliss-reactive ketones (excluding diaryl/α,β-unsaturated/α-hetero) is 2. The SMILES string of the molecule is COC(=O)CC(=O)C(/C=C(\C#N)C(=O)c1ccccc1O)OC. The molecule has 23 heavy (non-hydrogen) atoms. The molecule has 7 heteroatoms. The molecule has 7 nitrogen and oxygen atoms in total. The fourth-order valence-corrected chi connectivity index (χ4v) is 1.73. The predicted octanol–water partition coefficient (Wildman–Crippen LogP) is 1.17.